The summed E-state index contributed by atoms with van der Waals surface area (Å²) >= 11 is 1.67. The second-order valence-electron chi connectivity index (χ2n) is 6.46. The van der Waals surface area contributed by atoms with Crippen LogP contribution < -0.4 is 5.32 Å². The van der Waals surface area contributed by atoms with Crippen molar-refractivity contribution in [3.05, 3.63) is 16.6 Å². The van der Waals surface area contributed by atoms with E-state index >= 15 is 0 Å². The zero-order chi connectivity index (χ0) is 13.8. The zero-order valence-corrected chi connectivity index (χ0v) is 13.1. The van der Waals surface area contributed by atoms with Crippen LogP contribution in [0.15, 0.2) is 10.9 Å². The van der Waals surface area contributed by atoms with Gasteiger partial charge in [0, 0.05) is 43.1 Å². The Labute approximate surface area is 125 Å². The molecule has 0 spiro atoms. The molecule has 1 aliphatic carbocycles. The van der Waals surface area contributed by atoms with Crippen LogP contribution in [-0.2, 0) is 11.3 Å². The highest BCUT2D eigenvalue weighted by molar-refractivity contribution is 7.07. The molecule has 112 valence electrons. The first-order chi connectivity index (χ1) is 9.76. The maximum absolute atomic E-state index is 5.79. The van der Waals surface area contributed by atoms with E-state index in [1.54, 1.807) is 11.3 Å². The van der Waals surface area contributed by atoms with Crippen LogP contribution in [0.25, 0.3) is 0 Å². The van der Waals surface area contributed by atoms with Crippen LogP contribution in [0.3, 0.4) is 0 Å². The molecule has 3 rings (SSSR count). The molecule has 2 aliphatic rings. The molecule has 0 radical (unpaired) electrons. The van der Waals surface area contributed by atoms with Crippen molar-refractivity contribution >= 4 is 11.3 Å². The number of aromatic nitrogens is 1. The van der Waals surface area contributed by atoms with Crippen molar-refractivity contribution in [1.29, 1.82) is 0 Å². The highest BCUT2D eigenvalue weighted by Gasteiger charge is 2.35. The second kappa shape index (κ2) is 6.52. The summed E-state index contributed by atoms with van der Waals surface area (Å²) in [6.07, 6.45) is 5.17. The van der Waals surface area contributed by atoms with Gasteiger partial charge in [0.15, 0.2) is 0 Å². The van der Waals surface area contributed by atoms with Gasteiger partial charge in [0.2, 0.25) is 0 Å². The fourth-order valence-corrected chi connectivity index (χ4v) is 3.65. The van der Waals surface area contributed by atoms with Crippen molar-refractivity contribution < 1.29 is 4.74 Å². The molecule has 0 aromatic carbocycles. The van der Waals surface area contributed by atoms with Gasteiger partial charge in [0.05, 0.1) is 17.8 Å². The lowest BCUT2D eigenvalue weighted by Crippen LogP contribution is -2.48. The summed E-state index contributed by atoms with van der Waals surface area (Å²) in [4.78, 5) is 6.79. The monoisotopic (exact) mass is 295 g/mol. The Hall–Kier alpha value is -0.490. The van der Waals surface area contributed by atoms with Crippen LogP contribution >= 0.6 is 11.3 Å². The van der Waals surface area contributed by atoms with Gasteiger partial charge in [-0.15, -0.1) is 11.3 Å². The number of ether oxygens (including phenoxy) is 1. The number of hydrogen-bond acceptors (Lipinski definition) is 5. The Morgan fingerprint density at radius 1 is 1.55 bits per heavy atom. The molecule has 2 fully saturated rings. The fourth-order valence-electron chi connectivity index (χ4n) is 3.10. The van der Waals surface area contributed by atoms with E-state index < -0.39 is 0 Å². The highest BCUT2D eigenvalue weighted by Crippen LogP contribution is 2.31. The number of thiazole rings is 1. The lowest BCUT2D eigenvalue weighted by molar-refractivity contribution is -0.0240. The van der Waals surface area contributed by atoms with Crippen molar-refractivity contribution in [2.24, 2.45) is 5.41 Å². The summed E-state index contributed by atoms with van der Waals surface area (Å²) in [5.41, 5.74) is 3.38. The number of rotatable bonds is 7. The van der Waals surface area contributed by atoms with Crippen molar-refractivity contribution in [2.75, 3.05) is 33.4 Å². The van der Waals surface area contributed by atoms with E-state index in [1.807, 2.05) is 5.51 Å². The molecule has 1 saturated heterocycles. The maximum atomic E-state index is 5.79. The van der Waals surface area contributed by atoms with Crippen molar-refractivity contribution in [3.8, 4) is 0 Å². The van der Waals surface area contributed by atoms with Gasteiger partial charge < -0.3 is 10.1 Å². The second-order valence-corrected chi connectivity index (χ2v) is 7.18. The molecule has 4 nitrogen and oxygen atoms in total. The molecule has 1 saturated carbocycles. The molecule has 2 heterocycles. The molecule has 0 bridgehead atoms. The first-order valence-corrected chi connectivity index (χ1v) is 8.57. The average Bonchev–Trinajstić information content (AvgIpc) is 3.15. The molecule has 1 atom stereocenters. The molecule has 1 aliphatic heterocycles. The van der Waals surface area contributed by atoms with Crippen molar-refractivity contribution in [3.63, 3.8) is 0 Å². The van der Waals surface area contributed by atoms with E-state index in [2.05, 4.69) is 27.6 Å². The summed E-state index contributed by atoms with van der Waals surface area (Å²) in [6.45, 7) is 4.95. The molecule has 1 aromatic rings. The van der Waals surface area contributed by atoms with Crippen LogP contribution in [0.4, 0.5) is 0 Å². The van der Waals surface area contributed by atoms with Crippen LogP contribution in [0.1, 0.15) is 31.4 Å². The average molecular weight is 295 g/mol. The van der Waals surface area contributed by atoms with Gasteiger partial charge in [-0.3, -0.25) is 4.90 Å². The largest absolute Gasteiger partial charge is 0.381 e. The van der Waals surface area contributed by atoms with Crippen LogP contribution in [0.2, 0.25) is 0 Å². The van der Waals surface area contributed by atoms with Gasteiger partial charge in [-0.25, -0.2) is 4.98 Å². The van der Waals surface area contributed by atoms with Crippen molar-refractivity contribution in [1.82, 2.24) is 15.2 Å². The maximum Gasteiger partial charge on any atom is 0.0795 e. The lowest BCUT2D eigenvalue weighted by Gasteiger charge is -2.40. The van der Waals surface area contributed by atoms with Crippen LogP contribution in [0.5, 0.6) is 0 Å². The Kier molecular flexibility index (Phi) is 4.71. The van der Waals surface area contributed by atoms with Gasteiger partial charge >= 0.3 is 0 Å². The third-order valence-corrected chi connectivity index (χ3v) is 4.90. The smallest absolute Gasteiger partial charge is 0.0795 e. The minimum atomic E-state index is 0.283. The minimum Gasteiger partial charge on any atom is -0.381 e. The van der Waals surface area contributed by atoms with Gasteiger partial charge in [0.25, 0.3) is 0 Å². The van der Waals surface area contributed by atoms with Gasteiger partial charge in [-0.2, -0.15) is 0 Å². The third-order valence-electron chi connectivity index (χ3n) is 4.27. The Bertz CT molecular complexity index is 399. The van der Waals surface area contributed by atoms with Crippen molar-refractivity contribution in [2.45, 2.75) is 38.3 Å². The topological polar surface area (TPSA) is 37.4 Å². The Morgan fingerprint density at radius 2 is 2.45 bits per heavy atom. The predicted molar refractivity (Wildman–Crippen MR) is 82.0 cm³/mol. The zero-order valence-electron chi connectivity index (χ0n) is 12.3. The summed E-state index contributed by atoms with van der Waals surface area (Å²) in [5, 5.41) is 5.85. The highest BCUT2D eigenvalue weighted by atomic mass is 32.1. The standard InChI is InChI=1S/C15H25N3OS/c1-18(7-14-8-20-12-17-14)10-15(5-2-6-19-11-15)9-16-13-3-4-13/h8,12-13,16H,2-7,9-11H2,1H3. The summed E-state index contributed by atoms with van der Waals surface area (Å²) in [6, 6.07) is 0.776. The molecule has 0 amide bonds. The van der Waals surface area contributed by atoms with Gasteiger partial charge in [-0.05, 0) is 32.7 Å². The normalized spacial score (nSPS) is 27.1. The molecular formula is C15H25N3OS. The number of nitrogens with zero attached hydrogens (tertiary/aromatic N) is 2. The molecule has 20 heavy (non-hydrogen) atoms. The van der Waals surface area contributed by atoms with E-state index in [-0.39, 0.29) is 5.41 Å². The fraction of sp³-hybridized carbons (Fsp3) is 0.800. The third kappa shape index (κ3) is 4.01. The first kappa shape index (κ1) is 14.4. The van der Waals surface area contributed by atoms with E-state index in [0.29, 0.717) is 0 Å². The van der Waals surface area contributed by atoms with Crippen LogP contribution in [-0.4, -0.2) is 49.3 Å². The Balaban J connectivity index is 1.56. The van der Waals surface area contributed by atoms with Crippen LogP contribution in [0, 0.1) is 5.41 Å². The summed E-state index contributed by atoms with van der Waals surface area (Å²) in [7, 11) is 2.20. The predicted octanol–water partition coefficient (Wildman–Crippen LogP) is 2.12. The molecule has 1 aromatic heterocycles. The minimum absolute atomic E-state index is 0.283. The first-order valence-electron chi connectivity index (χ1n) is 7.63. The molecular weight excluding hydrogens is 270 g/mol. The summed E-state index contributed by atoms with van der Waals surface area (Å²) in [5.74, 6) is 0. The number of nitrogens with one attached hydrogen (secondary N) is 1. The lowest BCUT2D eigenvalue weighted by atomic mass is 9.81. The molecule has 1 N–H and O–H groups in total. The molecule has 5 heteroatoms. The van der Waals surface area contributed by atoms with Gasteiger partial charge in [-0.1, -0.05) is 0 Å². The van der Waals surface area contributed by atoms with Gasteiger partial charge in [0.1, 0.15) is 0 Å². The van der Waals surface area contributed by atoms with E-state index in [0.717, 1.165) is 38.9 Å². The number of hydrogen-bond donors (Lipinski definition) is 1. The Morgan fingerprint density at radius 3 is 3.10 bits per heavy atom. The molecule has 1 unspecified atom stereocenters. The van der Waals surface area contributed by atoms with E-state index in [4.69, 9.17) is 4.74 Å². The van der Waals surface area contributed by atoms with E-state index in [1.165, 1.54) is 31.4 Å². The SMILES string of the molecule is CN(Cc1cscn1)CC1(CNC2CC2)CCCOC1. The summed E-state index contributed by atoms with van der Waals surface area (Å²) < 4.78 is 5.79. The quantitative estimate of drug-likeness (QED) is 0.836. The van der Waals surface area contributed by atoms with E-state index in [9.17, 15) is 0 Å².